The molecule has 0 bridgehead atoms. The Balaban J connectivity index is 1.92. The fraction of sp³-hybridized carbons (Fsp3) is 0.929. The van der Waals surface area contributed by atoms with E-state index in [4.69, 9.17) is 0 Å². The van der Waals surface area contributed by atoms with Crippen molar-refractivity contribution in [3.8, 4) is 0 Å². The molecule has 104 valence electrons. The van der Waals surface area contributed by atoms with Gasteiger partial charge >= 0.3 is 0 Å². The molecule has 0 aromatic rings. The average Bonchev–Trinajstić information content (AvgIpc) is 2.56. The van der Waals surface area contributed by atoms with Crippen LogP contribution in [0.4, 0.5) is 0 Å². The van der Waals surface area contributed by atoms with Crippen molar-refractivity contribution >= 4 is 5.91 Å². The smallest absolute Gasteiger partial charge is 0.240 e. The van der Waals surface area contributed by atoms with Gasteiger partial charge in [0.1, 0.15) is 0 Å². The molecule has 2 rings (SSSR count). The zero-order valence-corrected chi connectivity index (χ0v) is 11.4. The minimum atomic E-state index is -0.440. The average molecular weight is 254 g/mol. The number of rotatable bonds is 2. The van der Waals surface area contributed by atoms with E-state index >= 15 is 0 Å². The summed E-state index contributed by atoms with van der Waals surface area (Å²) in [4.78, 5) is 12.4. The van der Waals surface area contributed by atoms with E-state index in [2.05, 4.69) is 10.6 Å². The number of aliphatic hydroxyl groups excluding tert-OH is 1. The first-order valence-corrected chi connectivity index (χ1v) is 7.36. The largest absolute Gasteiger partial charge is 0.391 e. The van der Waals surface area contributed by atoms with Gasteiger partial charge in [-0.3, -0.25) is 4.79 Å². The van der Waals surface area contributed by atoms with Crippen LogP contribution >= 0.6 is 0 Å². The number of aliphatic hydroxyl groups is 1. The summed E-state index contributed by atoms with van der Waals surface area (Å²) in [7, 11) is 0. The SMILES string of the molecule is CC1(C(=O)NC2CCCCCC2O)CCCCN1. The number of carbonyl (C=O) groups is 1. The second kappa shape index (κ2) is 6.02. The molecule has 1 heterocycles. The van der Waals surface area contributed by atoms with Crippen LogP contribution in [0.25, 0.3) is 0 Å². The number of piperidine rings is 1. The zero-order chi connectivity index (χ0) is 13.0. The summed E-state index contributed by atoms with van der Waals surface area (Å²) >= 11 is 0. The maximum atomic E-state index is 12.4. The summed E-state index contributed by atoms with van der Waals surface area (Å²) < 4.78 is 0. The quantitative estimate of drug-likeness (QED) is 0.652. The summed E-state index contributed by atoms with van der Waals surface area (Å²) in [6, 6.07) is -0.0550. The van der Waals surface area contributed by atoms with Crippen molar-refractivity contribution in [1.29, 1.82) is 0 Å². The number of nitrogens with one attached hydrogen (secondary N) is 2. The van der Waals surface area contributed by atoms with Crippen LogP contribution in [-0.4, -0.2) is 35.2 Å². The molecular weight excluding hydrogens is 228 g/mol. The predicted molar refractivity (Wildman–Crippen MR) is 71.3 cm³/mol. The molecule has 0 radical (unpaired) electrons. The third kappa shape index (κ3) is 3.23. The normalized spacial score (nSPS) is 37.9. The first-order valence-electron chi connectivity index (χ1n) is 7.36. The van der Waals surface area contributed by atoms with E-state index in [0.29, 0.717) is 0 Å². The summed E-state index contributed by atoms with van der Waals surface area (Å²) in [6.45, 7) is 2.89. The van der Waals surface area contributed by atoms with Gasteiger partial charge in [0.05, 0.1) is 17.7 Å². The van der Waals surface area contributed by atoms with Crippen molar-refractivity contribution < 1.29 is 9.90 Å². The minimum Gasteiger partial charge on any atom is -0.391 e. The van der Waals surface area contributed by atoms with Gasteiger partial charge in [0.2, 0.25) is 5.91 Å². The molecule has 1 saturated carbocycles. The zero-order valence-electron chi connectivity index (χ0n) is 11.4. The highest BCUT2D eigenvalue weighted by molar-refractivity contribution is 5.86. The molecule has 1 amide bonds. The van der Waals surface area contributed by atoms with E-state index in [1.54, 1.807) is 0 Å². The third-order valence-corrected chi connectivity index (χ3v) is 4.42. The van der Waals surface area contributed by atoms with E-state index in [0.717, 1.165) is 51.5 Å². The number of hydrogen-bond acceptors (Lipinski definition) is 3. The highest BCUT2D eigenvalue weighted by atomic mass is 16.3. The Labute approximate surface area is 110 Å². The second-order valence-electron chi connectivity index (χ2n) is 6.00. The molecule has 3 unspecified atom stereocenters. The van der Waals surface area contributed by atoms with E-state index in [1.807, 2.05) is 6.92 Å². The standard InChI is InChI=1S/C14H26N2O2/c1-14(9-5-6-10-15-14)13(18)16-11-7-3-2-4-8-12(11)17/h11-12,15,17H,2-10H2,1H3,(H,16,18). The molecule has 2 fully saturated rings. The third-order valence-electron chi connectivity index (χ3n) is 4.42. The Kier molecular flexibility index (Phi) is 4.62. The molecule has 0 aromatic heterocycles. The molecule has 4 heteroatoms. The Morgan fingerprint density at radius 2 is 2.00 bits per heavy atom. The molecular formula is C14H26N2O2. The molecule has 0 spiro atoms. The second-order valence-corrected chi connectivity index (χ2v) is 6.00. The highest BCUT2D eigenvalue weighted by Crippen LogP contribution is 2.22. The Bertz CT molecular complexity index is 288. The van der Waals surface area contributed by atoms with Crippen LogP contribution in [-0.2, 0) is 4.79 Å². The molecule has 3 N–H and O–H groups in total. The van der Waals surface area contributed by atoms with Gasteiger partial charge in [-0.25, -0.2) is 0 Å². The van der Waals surface area contributed by atoms with E-state index in [-0.39, 0.29) is 18.1 Å². The van der Waals surface area contributed by atoms with Crippen molar-refractivity contribution in [3.05, 3.63) is 0 Å². The van der Waals surface area contributed by atoms with Crippen LogP contribution in [0.5, 0.6) is 0 Å². The molecule has 1 saturated heterocycles. The maximum Gasteiger partial charge on any atom is 0.240 e. The van der Waals surface area contributed by atoms with Gasteiger partial charge in [-0.2, -0.15) is 0 Å². The van der Waals surface area contributed by atoms with Gasteiger partial charge in [-0.05, 0) is 45.6 Å². The first kappa shape index (κ1) is 13.8. The Morgan fingerprint density at radius 1 is 1.22 bits per heavy atom. The van der Waals surface area contributed by atoms with Gasteiger partial charge in [0, 0.05) is 0 Å². The number of carbonyl (C=O) groups excluding carboxylic acids is 1. The van der Waals surface area contributed by atoms with Crippen LogP contribution in [0.1, 0.15) is 58.3 Å². The predicted octanol–water partition coefficient (Wildman–Crippen LogP) is 1.33. The summed E-state index contributed by atoms with van der Waals surface area (Å²) in [5.41, 5.74) is -0.440. The number of hydrogen-bond donors (Lipinski definition) is 3. The molecule has 0 aromatic carbocycles. The molecule has 1 aliphatic heterocycles. The first-order chi connectivity index (χ1) is 8.62. The van der Waals surface area contributed by atoms with Gasteiger partial charge in [0.25, 0.3) is 0 Å². The van der Waals surface area contributed by atoms with Crippen molar-refractivity contribution in [1.82, 2.24) is 10.6 Å². The van der Waals surface area contributed by atoms with Gasteiger partial charge < -0.3 is 15.7 Å². The topological polar surface area (TPSA) is 61.4 Å². The monoisotopic (exact) mass is 254 g/mol. The lowest BCUT2D eigenvalue weighted by atomic mass is 9.89. The molecule has 4 nitrogen and oxygen atoms in total. The van der Waals surface area contributed by atoms with E-state index < -0.39 is 5.54 Å². The Morgan fingerprint density at radius 3 is 2.72 bits per heavy atom. The van der Waals surface area contributed by atoms with E-state index in [9.17, 15) is 9.90 Å². The molecule has 3 atom stereocenters. The molecule has 1 aliphatic carbocycles. The van der Waals surface area contributed by atoms with Crippen LogP contribution in [0.3, 0.4) is 0 Å². The lowest BCUT2D eigenvalue weighted by molar-refractivity contribution is -0.129. The maximum absolute atomic E-state index is 12.4. The van der Waals surface area contributed by atoms with Crippen LogP contribution in [0.2, 0.25) is 0 Å². The Hall–Kier alpha value is -0.610. The lowest BCUT2D eigenvalue weighted by Crippen LogP contribution is -2.59. The summed E-state index contributed by atoms with van der Waals surface area (Å²) in [5, 5.41) is 16.4. The van der Waals surface area contributed by atoms with Crippen LogP contribution < -0.4 is 10.6 Å². The van der Waals surface area contributed by atoms with Gasteiger partial charge in [-0.15, -0.1) is 0 Å². The van der Waals surface area contributed by atoms with Gasteiger partial charge in [0.15, 0.2) is 0 Å². The van der Waals surface area contributed by atoms with E-state index in [1.165, 1.54) is 6.42 Å². The summed E-state index contributed by atoms with van der Waals surface area (Å²) in [6.07, 6.45) is 7.83. The fourth-order valence-corrected chi connectivity index (χ4v) is 3.03. The van der Waals surface area contributed by atoms with Crippen LogP contribution in [0, 0.1) is 0 Å². The van der Waals surface area contributed by atoms with Crippen molar-refractivity contribution in [3.63, 3.8) is 0 Å². The van der Waals surface area contributed by atoms with Crippen molar-refractivity contribution in [2.75, 3.05) is 6.54 Å². The minimum absolute atomic E-state index is 0.0550. The summed E-state index contributed by atoms with van der Waals surface area (Å²) in [5.74, 6) is 0.0631. The van der Waals surface area contributed by atoms with Crippen molar-refractivity contribution in [2.45, 2.75) is 76.0 Å². The molecule has 18 heavy (non-hydrogen) atoms. The lowest BCUT2D eigenvalue weighted by Gasteiger charge is -2.35. The highest BCUT2D eigenvalue weighted by Gasteiger charge is 2.36. The van der Waals surface area contributed by atoms with Gasteiger partial charge in [-0.1, -0.05) is 19.3 Å². The number of amides is 1. The van der Waals surface area contributed by atoms with Crippen LogP contribution in [0.15, 0.2) is 0 Å². The molecule has 2 aliphatic rings. The fourth-order valence-electron chi connectivity index (χ4n) is 3.03. The van der Waals surface area contributed by atoms with Crippen molar-refractivity contribution in [2.24, 2.45) is 0 Å².